The van der Waals surface area contributed by atoms with Gasteiger partial charge in [-0.2, -0.15) is 13.2 Å². The summed E-state index contributed by atoms with van der Waals surface area (Å²) in [5.74, 6) is 0. The van der Waals surface area contributed by atoms with Crippen LogP contribution < -0.4 is 5.32 Å². The largest absolute Gasteiger partial charge is 0.433 e. The fraction of sp³-hybridized carbons (Fsp3) is 0.300. The molecule has 0 aliphatic rings. The number of halogens is 3. The average molecular weight is 261 g/mol. The van der Waals surface area contributed by atoms with E-state index >= 15 is 0 Å². The van der Waals surface area contributed by atoms with E-state index in [0.29, 0.717) is 12.3 Å². The van der Waals surface area contributed by atoms with E-state index in [1.807, 2.05) is 0 Å². The summed E-state index contributed by atoms with van der Waals surface area (Å²) in [4.78, 5) is 12.9. The number of pyridine rings is 1. The van der Waals surface area contributed by atoms with Crippen molar-refractivity contribution in [2.45, 2.75) is 19.1 Å². The van der Waals surface area contributed by atoms with Crippen LogP contribution in [0.15, 0.2) is 24.9 Å². The number of aromatic nitrogens is 1. The molecular weight excluding hydrogens is 251 g/mol. The molecule has 98 valence electrons. The molecule has 0 radical (unpaired) electrons. The van der Waals surface area contributed by atoms with Crippen LogP contribution in [0.3, 0.4) is 0 Å². The van der Waals surface area contributed by atoms with E-state index in [9.17, 15) is 23.3 Å². The smallest absolute Gasteiger partial charge is 0.373 e. The predicted octanol–water partition coefficient (Wildman–Crippen LogP) is 3.00. The Kier molecular flexibility index (Phi) is 3.89. The van der Waals surface area contributed by atoms with Crippen LogP contribution in [-0.4, -0.2) is 15.9 Å². The molecule has 0 saturated heterocycles. The van der Waals surface area contributed by atoms with Crippen molar-refractivity contribution in [2.75, 3.05) is 5.32 Å². The topological polar surface area (TPSA) is 68.1 Å². The Morgan fingerprint density at radius 1 is 1.61 bits per heavy atom. The molecule has 0 saturated carbocycles. The second kappa shape index (κ2) is 5.03. The summed E-state index contributed by atoms with van der Waals surface area (Å²) < 4.78 is 37.3. The van der Waals surface area contributed by atoms with E-state index < -0.39 is 28.5 Å². The molecule has 1 N–H and O–H groups in total. The van der Waals surface area contributed by atoms with Gasteiger partial charge in [0.2, 0.25) is 0 Å². The summed E-state index contributed by atoms with van der Waals surface area (Å²) in [6.45, 7) is 5.03. The van der Waals surface area contributed by atoms with Crippen LogP contribution >= 0.6 is 0 Å². The standard InChI is InChI=1S/C10H10F3N3O2/c1-3-6(2)15-7-4-9(10(11,12)13)14-5-8(7)16(17)18/h3-6H,1H2,2H3,(H,14,15). The lowest BCUT2D eigenvalue weighted by molar-refractivity contribution is -0.384. The molecule has 1 unspecified atom stereocenters. The molecule has 0 aliphatic carbocycles. The first kappa shape index (κ1) is 13.9. The van der Waals surface area contributed by atoms with Crippen LogP contribution in [0.4, 0.5) is 24.5 Å². The Morgan fingerprint density at radius 2 is 2.22 bits per heavy atom. The van der Waals surface area contributed by atoms with Gasteiger partial charge in [0.05, 0.1) is 4.92 Å². The second-order valence-electron chi connectivity index (χ2n) is 3.51. The first-order chi connectivity index (χ1) is 8.25. The zero-order valence-electron chi connectivity index (χ0n) is 9.36. The lowest BCUT2D eigenvalue weighted by Crippen LogP contribution is -2.15. The van der Waals surface area contributed by atoms with Crippen molar-refractivity contribution < 1.29 is 18.1 Å². The van der Waals surface area contributed by atoms with Crippen molar-refractivity contribution in [2.24, 2.45) is 0 Å². The molecule has 8 heteroatoms. The molecule has 18 heavy (non-hydrogen) atoms. The number of nitrogens with zero attached hydrogens (tertiary/aromatic N) is 2. The second-order valence-corrected chi connectivity index (χ2v) is 3.51. The van der Waals surface area contributed by atoms with Gasteiger partial charge in [-0.1, -0.05) is 6.08 Å². The molecule has 5 nitrogen and oxygen atoms in total. The molecule has 0 fully saturated rings. The molecule has 0 aromatic carbocycles. The van der Waals surface area contributed by atoms with Crippen LogP contribution in [0.25, 0.3) is 0 Å². The molecule has 0 amide bonds. The van der Waals surface area contributed by atoms with Crippen LogP contribution in [-0.2, 0) is 6.18 Å². The van der Waals surface area contributed by atoms with Crippen molar-refractivity contribution in [1.82, 2.24) is 4.98 Å². The number of hydrogen-bond donors (Lipinski definition) is 1. The third-order valence-electron chi connectivity index (χ3n) is 2.11. The minimum absolute atomic E-state index is 0.241. The van der Waals surface area contributed by atoms with Gasteiger partial charge in [0.25, 0.3) is 0 Å². The third-order valence-corrected chi connectivity index (χ3v) is 2.11. The Bertz CT molecular complexity index is 474. The van der Waals surface area contributed by atoms with Gasteiger partial charge in [-0.15, -0.1) is 6.58 Å². The quantitative estimate of drug-likeness (QED) is 0.514. The fourth-order valence-electron chi connectivity index (χ4n) is 1.17. The maximum absolute atomic E-state index is 12.4. The van der Waals surface area contributed by atoms with Crippen molar-refractivity contribution in [3.05, 3.63) is 40.7 Å². The predicted molar refractivity (Wildman–Crippen MR) is 59.2 cm³/mol. The summed E-state index contributed by atoms with van der Waals surface area (Å²) in [6.07, 6.45) is -2.65. The van der Waals surface area contributed by atoms with Gasteiger partial charge in [-0.3, -0.25) is 10.1 Å². The van der Waals surface area contributed by atoms with E-state index in [4.69, 9.17) is 0 Å². The Labute approximate surface area is 100 Å². The molecule has 0 bridgehead atoms. The number of rotatable bonds is 4. The molecule has 1 aromatic heterocycles. The highest BCUT2D eigenvalue weighted by Gasteiger charge is 2.34. The van der Waals surface area contributed by atoms with Gasteiger partial charge in [0, 0.05) is 6.04 Å². The highest BCUT2D eigenvalue weighted by atomic mass is 19.4. The van der Waals surface area contributed by atoms with Gasteiger partial charge < -0.3 is 5.32 Å². The van der Waals surface area contributed by atoms with Crippen molar-refractivity contribution in [1.29, 1.82) is 0 Å². The fourth-order valence-corrected chi connectivity index (χ4v) is 1.17. The maximum Gasteiger partial charge on any atom is 0.433 e. The lowest BCUT2D eigenvalue weighted by Gasteiger charge is -2.13. The van der Waals surface area contributed by atoms with Crippen LogP contribution in [0.5, 0.6) is 0 Å². The zero-order valence-corrected chi connectivity index (χ0v) is 9.36. The first-order valence-corrected chi connectivity index (χ1v) is 4.86. The van der Waals surface area contributed by atoms with E-state index in [-0.39, 0.29) is 5.69 Å². The minimum Gasteiger partial charge on any atom is -0.373 e. The molecule has 1 atom stereocenters. The molecular formula is C10H10F3N3O2. The Hall–Kier alpha value is -2.12. The highest BCUT2D eigenvalue weighted by molar-refractivity contribution is 5.61. The summed E-state index contributed by atoms with van der Waals surface area (Å²) in [5, 5.41) is 13.2. The lowest BCUT2D eigenvalue weighted by atomic mass is 10.2. The summed E-state index contributed by atoms with van der Waals surface area (Å²) in [6, 6.07) is 0.199. The summed E-state index contributed by atoms with van der Waals surface area (Å²) in [7, 11) is 0. The molecule has 0 aliphatic heterocycles. The molecule has 1 rings (SSSR count). The zero-order chi connectivity index (χ0) is 13.9. The van der Waals surface area contributed by atoms with Crippen LogP contribution in [0.2, 0.25) is 0 Å². The minimum atomic E-state index is -4.65. The van der Waals surface area contributed by atoms with Gasteiger partial charge in [-0.25, -0.2) is 4.98 Å². The number of hydrogen-bond acceptors (Lipinski definition) is 4. The van der Waals surface area contributed by atoms with E-state index in [2.05, 4.69) is 16.9 Å². The van der Waals surface area contributed by atoms with Gasteiger partial charge in [0.15, 0.2) is 0 Å². The molecule has 0 spiro atoms. The number of nitro groups is 1. The maximum atomic E-state index is 12.4. The Morgan fingerprint density at radius 3 is 2.67 bits per heavy atom. The summed E-state index contributed by atoms with van der Waals surface area (Å²) >= 11 is 0. The van der Waals surface area contributed by atoms with Crippen molar-refractivity contribution >= 4 is 11.4 Å². The summed E-state index contributed by atoms with van der Waals surface area (Å²) in [5.41, 5.74) is -1.95. The van der Waals surface area contributed by atoms with Crippen LogP contribution in [0, 0.1) is 10.1 Å². The number of alkyl halides is 3. The normalized spacial score (nSPS) is 12.9. The van der Waals surface area contributed by atoms with Gasteiger partial charge in [0.1, 0.15) is 17.6 Å². The molecule has 1 heterocycles. The monoisotopic (exact) mass is 261 g/mol. The molecule has 1 aromatic rings. The van der Waals surface area contributed by atoms with Crippen LogP contribution in [0.1, 0.15) is 12.6 Å². The number of nitrogens with one attached hydrogen (secondary N) is 1. The number of anilines is 1. The van der Waals surface area contributed by atoms with Gasteiger partial charge in [-0.05, 0) is 13.0 Å². The van der Waals surface area contributed by atoms with E-state index in [1.54, 1.807) is 6.92 Å². The first-order valence-electron chi connectivity index (χ1n) is 4.86. The average Bonchev–Trinajstić information content (AvgIpc) is 2.27. The SMILES string of the molecule is C=CC(C)Nc1cc(C(F)(F)F)ncc1[N+](=O)[O-]. The van der Waals surface area contributed by atoms with Gasteiger partial charge >= 0.3 is 11.9 Å². The highest BCUT2D eigenvalue weighted by Crippen LogP contribution is 2.33. The van der Waals surface area contributed by atoms with E-state index in [0.717, 1.165) is 0 Å². The third kappa shape index (κ3) is 3.19. The Balaban J connectivity index is 3.24. The van der Waals surface area contributed by atoms with E-state index in [1.165, 1.54) is 6.08 Å². The van der Waals surface area contributed by atoms with Crippen molar-refractivity contribution in [3.63, 3.8) is 0 Å². The van der Waals surface area contributed by atoms with Crippen molar-refractivity contribution in [3.8, 4) is 0 Å².